The highest BCUT2D eigenvalue weighted by Crippen LogP contribution is 2.23. The van der Waals surface area contributed by atoms with Crippen molar-refractivity contribution in [1.82, 2.24) is 25.5 Å². The van der Waals surface area contributed by atoms with Crippen molar-refractivity contribution in [3.05, 3.63) is 60.2 Å². The van der Waals surface area contributed by atoms with Gasteiger partial charge in [0.2, 0.25) is 5.91 Å². The first kappa shape index (κ1) is 19.0. The van der Waals surface area contributed by atoms with Gasteiger partial charge in [-0.3, -0.25) is 9.59 Å². The smallest absolute Gasteiger partial charge is 0.254 e. The maximum atomic E-state index is 13.6. The minimum absolute atomic E-state index is 0.0115. The van der Waals surface area contributed by atoms with E-state index in [0.717, 1.165) is 0 Å². The van der Waals surface area contributed by atoms with Crippen LogP contribution < -0.4 is 15.4 Å². The van der Waals surface area contributed by atoms with E-state index >= 15 is 0 Å². The third-order valence-corrected chi connectivity index (χ3v) is 3.78. The van der Waals surface area contributed by atoms with Crippen molar-refractivity contribution in [1.29, 1.82) is 0 Å². The summed E-state index contributed by atoms with van der Waals surface area (Å²) < 4.78 is 20.2. The summed E-state index contributed by atoms with van der Waals surface area (Å²) in [5.41, 5.74) is 1.02. The van der Waals surface area contributed by atoms with Crippen LogP contribution in [0.3, 0.4) is 0 Å². The molecule has 2 N–H and O–H groups in total. The molecule has 0 unspecified atom stereocenters. The second-order valence-electron chi connectivity index (χ2n) is 5.71. The fourth-order valence-electron chi connectivity index (χ4n) is 2.44. The first-order chi connectivity index (χ1) is 13.6. The molecule has 0 radical (unpaired) electrons. The number of aromatic nitrogens is 4. The van der Waals surface area contributed by atoms with Crippen LogP contribution in [0.15, 0.2) is 48.8 Å². The first-order valence-electron chi connectivity index (χ1n) is 8.32. The zero-order valence-electron chi connectivity index (χ0n) is 14.9. The Kier molecular flexibility index (Phi) is 5.90. The number of carbonyl (C=O) groups excluding carboxylic acids is 2. The predicted octanol–water partition coefficient (Wildman–Crippen LogP) is 1.57. The van der Waals surface area contributed by atoms with Crippen LogP contribution in [-0.4, -0.2) is 45.7 Å². The van der Waals surface area contributed by atoms with Crippen molar-refractivity contribution in [3.8, 4) is 11.4 Å². The fraction of sp³-hybridized carbons (Fsp3) is 0.167. The summed E-state index contributed by atoms with van der Waals surface area (Å²) in [6, 6.07) is 10.7. The van der Waals surface area contributed by atoms with Gasteiger partial charge in [-0.05, 0) is 28.6 Å². The number of anilines is 1. The quantitative estimate of drug-likeness (QED) is 0.640. The zero-order valence-corrected chi connectivity index (χ0v) is 14.9. The average molecular weight is 384 g/mol. The van der Waals surface area contributed by atoms with Gasteiger partial charge in [0.25, 0.3) is 5.91 Å². The van der Waals surface area contributed by atoms with Gasteiger partial charge in [-0.25, -0.2) is 9.07 Å². The Labute approximate surface area is 159 Å². The molecular weight excluding hydrogens is 367 g/mol. The zero-order chi connectivity index (χ0) is 19.9. The summed E-state index contributed by atoms with van der Waals surface area (Å²) in [6.07, 6.45) is 1.43. The van der Waals surface area contributed by atoms with Gasteiger partial charge in [0.05, 0.1) is 18.4 Å². The molecule has 1 heterocycles. The van der Waals surface area contributed by atoms with E-state index in [9.17, 15) is 14.0 Å². The normalized spacial score (nSPS) is 10.4. The van der Waals surface area contributed by atoms with Crippen LogP contribution >= 0.6 is 0 Å². The molecule has 3 rings (SSSR count). The second kappa shape index (κ2) is 8.71. The summed E-state index contributed by atoms with van der Waals surface area (Å²) in [7, 11) is 1.50. The topological polar surface area (TPSA) is 111 Å². The maximum absolute atomic E-state index is 13.6. The molecule has 0 spiro atoms. The molecule has 10 heteroatoms. The fourth-order valence-corrected chi connectivity index (χ4v) is 2.44. The number of carbonyl (C=O) groups is 2. The Balaban J connectivity index is 1.58. The molecular formula is C18H17FN6O3. The van der Waals surface area contributed by atoms with Gasteiger partial charge >= 0.3 is 0 Å². The highest BCUT2D eigenvalue weighted by Gasteiger charge is 2.12. The van der Waals surface area contributed by atoms with Crippen molar-refractivity contribution in [2.45, 2.75) is 6.42 Å². The SMILES string of the molecule is COc1cc(NC(=O)CCNC(=O)c2ccccc2F)cc(-n2cnnn2)c1. The molecule has 0 aliphatic heterocycles. The molecule has 0 saturated carbocycles. The van der Waals surface area contributed by atoms with Gasteiger partial charge in [-0.15, -0.1) is 5.10 Å². The number of rotatable bonds is 7. The van der Waals surface area contributed by atoms with E-state index in [4.69, 9.17) is 4.74 Å². The van der Waals surface area contributed by atoms with Crippen LogP contribution in [0.25, 0.3) is 5.69 Å². The Bertz CT molecular complexity index is 977. The number of hydrogen-bond donors (Lipinski definition) is 2. The number of hydrogen-bond acceptors (Lipinski definition) is 6. The highest BCUT2D eigenvalue weighted by atomic mass is 19.1. The van der Waals surface area contributed by atoms with Crippen molar-refractivity contribution >= 4 is 17.5 Å². The maximum Gasteiger partial charge on any atom is 0.254 e. The van der Waals surface area contributed by atoms with Crippen molar-refractivity contribution in [2.75, 3.05) is 19.0 Å². The molecule has 9 nitrogen and oxygen atoms in total. The van der Waals surface area contributed by atoms with Gasteiger partial charge < -0.3 is 15.4 Å². The van der Waals surface area contributed by atoms with E-state index < -0.39 is 11.7 Å². The number of benzene rings is 2. The number of ether oxygens (including phenoxy) is 1. The van der Waals surface area contributed by atoms with Gasteiger partial charge in [0, 0.05) is 30.8 Å². The predicted molar refractivity (Wildman–Crippen MR) is 97.7 cm³/mol. The molecule has 0 aliphatic carbocycles. The number of halogens is 1. The lowest BCUT2D eigenvalue weighted by Gasteiger charge is -2.10. The summed E-state index contributed by atoms with van der Waals surface area (Å²) in [5.74, 6) is -1.01. The largest absolute Gasteiger partial charge is 0.497 e. The number of tetrazole rings is 1. The minimum Gasteiger partial charge on any atom is -0.497 e. The Morgan fingerprint density at radius 2 is 2.04 bits per heavy atom. The third kappa shape index (κ3) is 4.67. The molecule has 28 heavy (non-hydrogen) atoms. The molecule has 0 saturated heterocycles. The summed E-state index contributed by atoms with van der Waals surface area (Å²) in [6.45, 7) is 0.0584. The van der Waals surface area contributed by atoms with Crippen LogP contribution in [0.2, 0.25) is 0 Å². The van der Waals surface area contributed by atoms with Gasteiger partial charge in [0.15, 0.2) is 0 Å². The van der Waals surface area contributed by atoms with E-state index in [1.54, 1.807) is 24.3 Å². The number of methoxy groups -OCH3 is 1. The molecule has 2 aromatic carbocycles. The Morgan fingerprint density at radius 1 is 1.21 bits per heavy atom. The minimum atomic E-state index is -0.615. The number of amides is 2. The van der Waals surface area contributed by atoms with E-state index in [1.807, 2.05) is 0 Å². The van der Waals surface area contributed by atoms with Crippen LogP contribution in [0, 0.1) is 5.82 Å². The van der Waals surface area contributed by atoms with Crippen molar-refractivity contribution in [2.24, 2.45) is 0 Å². The first-order valence-corrected chi connectivity index (χ1v) is 8.32. The van der Waals surface area contributed by atoms with Crippen LogP contribution in [-0.2, 0) is 4.79 Å². The molecule has 0 aliphatic rings. The van der Waals surface area contributed by atoms with Gasteiger partial charge in [0.1, 0.15) is 17.9 Å². The van der Waals surface area contributed by atoms with Crippen molar-refractivity contribution < 1.29 is 18.7 Å². The van der Waals surface area contributed by atoms with Crippen LogP contribution in [0.4, 0.5) is 10.1 Å². The molecule has 1 aromatic heterocycles. The molecule has 0 fully saturated rings. The second-order valence-corrected chi connectivity index (χ2v) is 5.71. The number of nitrogens with zero attached hydrogens (tertiary/aromatic N) is 4. The van der Waals surface area contributed by atoms with Gasteiger partial charge in [-0.1, -0.05) is 12.1 Å². The lowest BCUT2D eigenvalue weighted by Crippen LogP contribution is -2.28. The Hall–Kier alpha value is -3.82. The lowest BCUT2D eigenvalue weighted by molar-refractivity contribution is -0.116. The molecule has 3 aromatic rings. The average Bonchev–Trinajstić information content (AvgIpc) is 3.23. The molecule has 2 amide bonds. The summed E-state index contributed by atoms with van der Waals surface area (Å²) in [4.78, 5) is 24.1. The van der Waals surface area contributed by atoms with Crippen molar-refractivity contribution in [3.63, 3.8) is 0 Å². The van der Waals surface area contributed by atoms with E-state index in [-0.39, 0.29) is 24.4 Å². The van der Waals surface area contributed by atoms with E-state index in [1.165, 1.54) is 36.3 Å². The molecule has 0 bridgehead atoms. The van der Waals surface area contributed by atoms with E-state index in [0.29, 0.717) is 17.1 Å². The lowest BCUT2D eigenvalue weighted by atomic mass is 10.2. The monoisotopic (exact) mass is 384 g/mol. The standard InChI is InChI=1S/C18H17FN6O3/c1-28-14-9-12(8-13(10-14)25-11-21-23-24-25)22-17(26)6-7-20-18(27)15-4-2-3-5-16(15)19/h2-5,8-11H,6-7H2,1H3,(H,20,27)(H,22,26). The third-order valence-electron chi connectivity index (χ3n) is 3.78. The summed E-state index contributed by atoms with van der Waals surface area (Å²) in [5, 5.41) is 16.2. The summed E-state index contributed by atoms with van der Waals surface area (Å²) >= 11 is 0. The Morgan fingerprint density at radius 3 is 2.75 bits per heavy atom. The van der Waals surface area contributed by atoms with Gasteiger partial charge in [-0.2, -0.15) is 0 Å². The number of nitrogens with one attached hydrogen (secondary N) is 2. The molecule has 144 valence electrons. The molecule has 0 atom stereocenters. The van der Waals surface area contributed by atoms with Crippen LogP contribution in [0.1, 0.15) is 16.8 Å². The van der Waals surface area contributed by atoms with E-state index in [2.05, 4.69) is 26.2 Å². The highest BCUT2D eigenvalue weighted by molar-refractivity contribution is 5.95. The van der Waals surface area contributed by atoms with Crippen LogP contribution in [0.5, 0.6) is 5.75 Å².